The predicted molar refractivity (Wildman–Crippen MR) is 171 cm³/mol. The molecule has 1 saturated carbocycles. The SMILES string of the molecule is NCCOCCOCCNC(=O)c1ccc(CNc2nc(NCCc3ccc(C=O)cc3)nc(NC3CCCCC3)n2)cc1. The van der Waals surface area contributed by atoms with Crippen LogP contribution in [0.5, 0.6) is 0 Å². The van der Waals surface area contributed by atoms with Crippen molar-refractivity contribution < 1.29 is 19.1 Å². The number of anilines is 3. The molecule has 0 unspecified atom stereocenters. The van der Waals surface area contributed by atoms with Crippen molar-refractivity contribution in [3.05, 3.63) is 70.8 Å². The number of aromatic nitrogens is 3. The summed E-state index contributed by atoms with van der Waals surface area (Å²) in [6.45, 7) is 3.89. The maximum absolute atomic E-state index is 12.5. The number of rotatable bonds is 19. The van der Waals surface area contributed by atoms with E-state index in [9.17, 15) is 9.59 Å². The molecule has 1 fully saturated rings. The second-order valence-corrected chi connectivity index (χ2v) is 10.6. The number of carbonyl (C=O) groups is 2. The molecule has 2 aromatic carbocycles. The van der Waals surface area contributed by atoms with Crippen molar-refractivity contribution >= 4 is 30.0 Å². The quantitative estimate of drug-likeness (QED) is 0.101. The molecule has 0 atom stereocenters. The lowest BCUT2D eigenvalue weighted by Crippen LogP contribution is -2.27. The first-order chi connectivity index (χ1) is 21.6. The molecular formula is C32H44N8O4. The fourth-order valence-corrected chi connectivity index (χ4v) is 4.81. The van der Waals surface area contributed by atoms with Crippen LogP contribution in [0.3, 0.4) is 0 Å². The van der Waals surface area contributed by atoms with Gasteiger partial charge in [0.15, 0.2) is 0 Å². The molecule has 12 nitrogen and oxygen atoms in total. The van der Waals surface area contributed by atoms with Crippen molar-refractivity contribution in [1.29, 1.82) is 0 Å². The van der Waals surface area contributed by atoms with Gasteiger partial charge in [0.2, 0.25) is 17.8 Å². The smallest absolute Gasteiger partial charge is 0.251 e. The minimum Gasteiger partial charge on any atom is -0.378 e. The number of ether oxygens (including phenoxy) is 2. The first-order valence-electron chi connectivity index (χ1n) is 15.4. The minimum atomic E-state index is -0.154. The largest absolute Gasteiger partial charge is 0.378 e. The van der Waals surface area contributed by atoms with Gasteiger partial charge in [-0.3, -0.25) is 9.59 Å². The normalized spacial score (nSPS) is 13.3. The molecule has 0 saturated heterocycles. The Balaban J connectivity index is 1.28. The summed E-state index contributed by atoms with van der Waals surface area (Å²) in [6.07, 6.45) is 7.48. The Hall–Kier alpha value is -4.13. The standard InChI is InChI=1S/C32H44N8O4/c33-15-18-43-20-21-44-19-17-34-29(42)27-12-10-25(11-13-27)22-36-31-38-30(35-16-14-24-6-8-26(23-41)9-7-24)39-32(40-31)37-28-4-2-1-3-5-28/h6-13,23,28H,1-5,14-22,33H2,(H,34,42)(H3,35,36,37,38,39,40). The minimum absolute atomic E-state index is 0.154. The molecule has 4 rings (SSSR count). The lowest BCUT2D eigenvalue weighted by Gasteiger charge is -2.23. The molecule has 1 aromatic heterocycles. The van der Waals surface area contributed by atoms with Gasteiger partial charge in [0, 0.05) is 43.3 Å². The molecule has 1 amide bonds. The lowest BCUT2D eigenvalue weighted by atomic mass is 9.96. The fourth-order valence-electron chi connectivity index (χ4n) is 4.81. The highest BCUT2D eigenvalue weighted by Crippen LogP contribution is 2.21. The molecule has 1 aliphatic rings. The third-order valence-electron chi connectivity index (χ3n) is 7.22. The van der Waals surface area contributed by atoms with Crippen LogP contribution < -0.4 is 27.0 Å². The third-order valence-corrected chi connectivity index (χ3v) is 7.22. The maximum Gasteiger partial charge on any atom is 0.251 e. The van der Waals surface area contributed by atoms with Crippen LogP contribution >= 0.6 is 0 Å². The summed E-state index contributed by atoms with van der Waals surface area (Å²) >= 11 is 0. The molecule has 1 heterocycles. The third kappa shape index (κ3) is 11.5. The number of hydrogen-bond acceptors (Lipinski definition) is 11. The van der Waals surface area contributed by atoms with E-state index in [1.807, 2.05) is 36.4 Å². The summed E-state index contributed by atoms with van der Waals surface area (Å²) < 4.78 is 10.7. The zero-order valence-electron chi connectivity index (χ0n) is 25.2. The van der Waals surface area contributed by atoms with E-state index in [0.29, 0.717) is 87.6 Å². The number of hydrogen-bond donors (Lipinski definition) is 5. The van der Waals surface area contributed by atoms with Crippen molar-refractivity contribution in [1.82, 2.24) is 20.3 Å². The predicted octanol–water partition coefficient (Wildman–Crippen LogP) is 3.42. The van der Waals surface area contributed by atoms with Gasteiger partial charge in [-0.25, -0.2) is 0 Å². The topological polar surface area (TPSA) is 165 Å². The van der Waals surface area contributed by atoms with Gasteiger partial charge in [0.25, 0.3) is 5.91 Å². The average Bonchev–Trinajstić information content (AvgIpc) is 3.06. The van der Waals surface area contributed by atoms with E-state index < -0.39 is 0 Å². The summed E-state index contributed by atoms with van der Waals surface area (Å²) in [5, 5.41) is 13.0. The Morgan fingerprint density at radius 2 is 1.45 bits per heavy atom. The summed E-state index contributed by atoms with van der Waals surface area (Å²) in [5.41, 5.74) is 8.71. The summed E-state index contributed by atoms with van der Waals surface area (Å²) in [5.74, 6) is 1.35. The molecule has 236 valence electrons. The lowest BCUT2D eigenvalue weighted by molar-refractivity contribution is 0.0511. The van der Waals surface area contributed by atoms with Crippen LogP contribution in [0.1, 0.15) is 63.9 Å². The van der Waals surface area contributed by atoms with Gasteiger partial charge in [0.05, 0.1) is 26.4 Å². The van der Waals surface area contributed by atoms with Gasteiger partial charge in [-0.05, 0) is 42.5 Å². The molecule has 6 N–H and O–H groups in total. The molecule has 1 aliphatic carbocycles. The Kier molecular flexibility index (Phi) is 13.8. The Bertz CT molecular complexity index is 1280. The van der Waals surface area contributed by atoms with Gasteiger partial charge in [0.1, 0.15) is 6.29 Å². The molecule has 3 aromatic rings. The van der Waals surface area contributed by atoms with E-state index in [1.54, 1.807) is 12.1 Å². The highest BCUT2D eigenvalue weighted by molar-refractivity contribution is 5.94. The zero-order chi connectivity index (χ0) is 30.8. The number of carbonyl (C=O) groups excluding carboxylic acids is 2. The first kappa shape index (κ1) is 32.8. The van der Waals surface area contributed by atoms with Gasteiger partial charge in [-0.1, -0.05) is 55.7 Å². The molecule has 0 spiro atoms. The highest BCUT2D eigenvalue weighted by Gasteiger charge is 2.16. The molecule has 0 aliphatic heterocycles. The number of aldehydes is 1. The number of nitrogens with zero attached hydrogens (tertiary/aromatic N) is 3. The highest BCUT2D eigenvalue weighted by atomic mass is 16.5. The average molecular weight is 605 g/mol. The van der Waals surface area contributed by atoms with Crippen LogP contribution in [0.15, 0.2) is 48.5 Å². The van der Waals surface area contributed by atoms with Gasteiger partial charge in [-0.2, -0.15) is 15.0 Å². The maximum atomic E-state index is 12.5. The number of nitrogens with two attached hydrogens (primary N) is 1. The molecule has 0 bridgehead atoms. The van der Waals surface area contributed by atoms with Crippen LogP contribution in [0.2, 0.25) is 0 Å². The van der Waals surface area contributed by atoms with Gasteiger partial charge in [-0.15, -0.1) is 0 Å². The van der Waals surface area contributed by atoms with Crippen LogP contribution in [0, 0.1) is 0 Å². The van der Waals surface area contributed by atoms with Crippen LogP contribution in [0.25, 0.3) is 0 Å². The van der Waals surface area contributed by atoms with E-state index in [2.05, 4.69) is 36.2 Å². The van der Waals surface area contributed by atoms with Crippen molar-refractivity contribution in [2.75, 3.05) is 62.0 Å². The van der Waals surface area contributed by atoms with Crippen LogP contribution in [-0.2, 0) is 22.4 Å². The molecular weight excluding hydrogens is 560 g/mol. The van der Waals surface area contributed by atoms with E-state index in [-0.39, 0.29) is 5.91 Å². The van der Waals surface area contributed by atoms with Crippen molar-refractivity contribution in [2.24, 2.45) is 5.73 Å². The van der Waals surface area contributed by atoms with E-state index in [1.165, 1.54) is 19.3 Å². The fraction of sp³-hybridized carbons (Fsp3) is 0.469. The Morgan fingerprint density at radius 3 is 2.16 bits per heavy atom. The number of benzene rings is 2. The number of amides is 1. The molecule has 12 heteroatoms. The van der Waals surface area contributed by atoms with Crippen molar-refractivity contribution in [3.8, 4) is 0 Å². The zero-order valence-corrected chi connectivity index (χ0v) is 25.2. The molecule has 0 radical (unpaired) electrons. The summed E-state index contributed by atoms with van der Waals surface area (Å²) in [6, 6.07) is 15.3. The van der Waals surface area contributed by atoms with Crippen molar-refractivity contribution in [3.63, 3.8) is 0 Å². The summed E-state index contributed by atoms with van der Waals surface area (Å²) in [7, 11) is 0. The van der Waals surface area contributed by atoms with Gasteiger partial charge < -0.3 is 36.5 Å². The number of nitrogens with one attached hydrogen (secondary N) is 4. The van der Waals surface area contributed by atoms with E-state index in [0.717, 1.165) is 36.7 Å². The summed E-state index contributed by atoms with van der Waals surface area (Å²) in [4.78, 5) is 37.3. The van der Waals surface area contributed by atoms with E-state index in [4.69, 9.17) is 15.2 Å². The first-order valence-corrected chi connectivity index (χ1v) is 15.4. The Labute approximate surface area is 258 Å². The van der Waals surface area contributed by atoms with Crippen LogP contribution in [-0.4, -0.2) is 79.2 Å². The Morgan fingerprint density at radius 1 is 0.795 bits per heavy atom. The van der Waals surface area contributed by atoms with E-state index >= 15 is 0 Å². The second kappa shape index (κ2) is 18.5. The van der Waals surface area contributed by atoms with Gasteiger partial charge >= 0.3 is 0 Å². The van der Waals surface area contributed by atoms with Crippen molar-refractivity contribution in [2.45, 2.75) is 51.1 Å². The molecule has 44 heavy (non-hydrogen) atoms. The second-order valence-electron chi connectivity index (χ2n) is 10.6. The van der Waals surface area contributed by atoms with Crippen LogP contribution in [0.4, 0.5) is 17.8 Å². The monoisotopic (exact) mass is 604 g/mol.